The van der Waals surface area contributed by atoms with Crippen LogP contribution in [0, 0.1) is 39.2 Å². The lowest BCUT2D eigenvalue weighted by molar-refractivity contribution is -0.525. The molecule has 0 aromatic carbocycles. The van der Waals surface area contributed by atoms with Gasteiger partial charge in [0.05, 0.1) is 17.6 Å². The summed E-state index contributed by atoms with van der Waals surface area (Å²) in [6.45, 7) is 12.7. The maximum atomic E-state index is 13.7. The molecular formula is C29H50BN5O7. The smallest absolute Gasteiger partial charge is 0.404 e. The Bertz CT molecular complexity index is 1040. The Morgan fingerprint density at radius 3 is 2.45 bits per heavy atom. The van der Waals surface area contributed by atoms with Crippen molar-refractivity contribution in [3.63, 3.8) is 0 Å². The van der Waals surface area contributed by atoms with Gasteiger partial charge in [-0.2, -0.15) is 0 Å². The molecule has 1 amide bonds. The first kappa shape index (κ1) is 34.0. The number of Topliss-reactive ketones (excluding diaryl/α,β-unsaturated/α-hetero) is 2. The summed E-state index contributed by atoms with van der Waals surface area (Å²) in [7, 11) is -0.568. The topological polar surface area (TPSA) is 175 Å². The summed E-state index contributed by atoms with van der Waals surface area (Å²) in [5.41, 5.74) is 7.11. The molecule has 6 atom stereocenters. The molecular weight excluding hydrogens is 541 g/mol. The number of hydrogen-bond acceptors (Lipinski definition) is 8. The maximum Gasteiger partial charge on any atom is 0.481 e. The zero-order valence-corrected chi connectivity index (χ0v) is 26.1. The number of nitro groups is 1. The number of nitrogens with zero attached hydrogens (tertiary/aromatic N) is 2. The van der Waals surface area contributed by atoms with Gasteiger partial charge < -0.3 is 25.2 Å². The molecule has 4 fully saturated rings. The van der Waals surface area contributed by atoms with Crippen LogP contribution in [0.2, 0.25) is 0 Å². The van der Waals surface area contributed by atoms with Crippen LogP contribution in [-0.2, 0) is 23.7 Å². The van der Waals surface area contributed by atoms with Gasteiger partial charge in [0.25, 0.3) is 5.96 Å². The molecule has 1 heterocycles. The molecule has 4 aliphatic rings. The quantitative estimate of drug-likeness (QED) is 0.0572. The molecule has 13 heteroatoms. The van der Waals surface area contributed by atoms with Gasteiger partial charge in [0.2, 0.25) is 5.91 Å². The molecule has 1 saturated heterocycles. The number of aliphatic imine (C=N–C) groups is 1. The van der Waals surface area contributed by atoms with E-state index in [1.165, 1.54) is 6.92 Å². The number of amides is 1. The van der Waals surface area contributed by atoms with Crippen molar-refractivity contribution in [2.45, 2.75) is 123 Å². The van der Waals surface area contributed by atoms with E-state index in [4.69, 9.17) is 15.0 Å². The zero-order valence-electron chi connectivity index (χ0n) is 26.1. The van der Waals surface area contributed by atoms with E-state index >= 15 is 0 Å². The third kappa shape index (κ3) is 8.52. The minimum absolute atomic E-state index is 0.00527. The van der Waals surface area contributed by atoms with Crippen LogP contribution in [0.4, 0.5) is 0 Å². The number of ketones is 2. The van der Waals surface area contributed by atoms with Crippen LogP contribution in [0.3, 0.4) is 0 Å². The second kappa shape index (κ2) is 14.3. The van der Waals surface area contributed by atoms with Crippen LogP contribution in [0.1, 0.15) is 106 Å². The second-order valence-electron chi connectivity index (χ2n) is 13.7. The highest BCUT2D eigenvalue weighted by molar-refractivity contribution is 6.47. The van der Waals surface area contributed by atoms with Gasteiger partial charge in [0.1, 0.15) is 11.6 Å². The fourth-order valence-corrected chi connectivity index (χ4v) is 7.18. The lowest BCUT2D eigenvalue weighted by Crippen LogP contribution is -2.65. The summed E-state index contributed by atoms with van der Waals surface area (Å²) in [4.78, 5) is 52.3. The number of rotatable bonds is 17. The summed E-state index contributed by atoms with van der Waals surface area (Å²) in [6, 6.07) is 0. The summed E-state index contributed by atoms with van der Waals surface area (Å²) in [5, 5.41) is 12.9. The van der Waals surface area contributed by atoms with Crippen LogP contribution in [0.25, 0.3) is 0 Å². The van der Waals surface area contributed by atoms with Crippen molar-refractivity contribution in [2.24, 2.45) is 39.8 Å². The summed E-state index contributed by atoms with van der Waals surface area (Å²) < 4.78 is 13.2. The third-order valence-corrected chi connectivity index (χ3v) is 9.63. The van der Waals surface area contributed by atoms with Crippen molar-refractivity contribution in [1.82, 2.24) is 10.7 Å². The number of nitrogens with one attached hydrogen (secondary N) is 2. The first-order chi connectivity index (χ1) is 19.6. The van der Waals surface area contributed by atoms with Gasteiger partial charge in [-0.25, -0.2) is 15.1 Å². The maximum absolute atomic E-state index is 13.7. The fourth-order valence-electron chi connectivity index (χ4n) is 7.18. The Morgan fingerprint density at radius 2 is 1.83 bits per heavy atom. The van der Waals surface area contributed by atoms with E-state index in [0.717, 1.165) is 12.8 Å². The molecule has 0 radical (unpaired) electrons. The van der Waals surface area contributed by atoms with Crippen molar-refractivity contribution in [2.75, 3.05) is 6.54 Å². The number of guanidine groups is 1. The van der Waals surface area contributed by atoms with E-state index in [1.807, 2.05) is 0 Å². The molecule has 1 aliphatic heterocycles. The van der Waals surface area contributed by atoms with Crippen molar-refractivity contribution in [3.8, 4) is 0 Å². The van der Waals surface area contributed by atoms with Gasteiger partial charge in [0.15, 0.2) is 5.03 Å². The second-order valence-corrected chi connectivity index (χ2v) is 13.7. The van der Waals surface area contributed by atoms with Gasteiger partial charge in [-0.1, -0.05) is 33.1 Å². The Kier molecular flexibility index (Phi) is 11.6. The Morgan fingerprint density at radius 1 is 1.14 bits per heavy atom. The van der Waals surface area contributed by atoms with Crippen molar-refractivity contribution >= 4 is 30.6 Å². The van der Waals surface area contributed by atoms with E-state index < -0.39 is 23.7 Å². The monoisotopic (exact) mass is 591 g/mol. The molecule has 0 unspecified atom stereocenters. The molecule has 0 spiro atoms. The first-order valence-electron chi connectivity index (χ1n) is 15.5. The van der Waals surface area contributed by atoms with E-state index in [-0.39, 0.29) is 59.8 Å². The number of hydrazine groups is 1. The molecule has 236 valence electrons. The Hall–Kier alpha value is -2.54. The highest BCUT2D eigenvalue weighted by Crippen LogP contribution is 2.65. The average molecular weight is 592 g/mol. The average Bonchev–Trinajstić information content (AvgIpc) is 3.24. The standard InChI is InChI=1S/C29H50BN5O7/c1-18(2)14-25(30-41-24-17-21-16-23(28(21,4)5)29(24,6)42-30)33-26(38)20(11-9-13-32-27(31)34-35(39)40)15-22(37)12-8-7-10-19(3)36/h18,20-21,23-25H,7-17H2,1-6H3,(H,33,38)(H3,31,32,34)/t20-,21+,23+,24-,25+,29+/m1/s1. The van der Waals surface area contributed by atoms with Gasteiger partial charge >= 0.3 is 7.12 Å². The van der Waals surface area contributed by atoms with Crippen LogP contribution in [0.15, 0.2) is 4.99 Å². The number of carbonyl (C=O) groups excluding carboxylic acids is 3. The zero-order chi connectivity index (χ0) is 31.2. The van der Waals surface area contributed by atoms with Gasteiger partial charge in [-0.3, -0.25) is 9.59 Å². The van der Waals surface area contributed by atoms with Crippen molar-refractivity contribution in [3.05, 3.63) is 10.1 Å². The van der Waals surface area contributed by atoms with Gasteiger partial charge in [-0.05, 0) is 82.0 Å². The largest absolute Gasteiger partial charge is 0.481 e. The SMILES string of the molecule is CC(=O)CCCCC(=O)C[C@@H](CCCN=C(N)N[N+](=O)[O-])C(=O)N[C@@H](CC(C)C)B1O[C@@H]2C[C@@H]3C[C@@H](C3(C)C)[C@]2(C)O1. The van der Waals surface area contributed by atoms with Crippen LogP contribution in [-0.4, -0.2) is 59.8 Å². The molecule has 2 bridgehead atoms. The van der Waals surface area contributed by atoms with Crippen molar-refractivity contribution < 1.29 is 28.7 Å². The summed E-state index contributed by atoms with van der Waals surface area (Å²) in [6.07, 6.45) is 5.57. The lowest BCUT2D eigenvalue weighted by Gasteiger charge is -2.64. The predicted octanol–water partition coefficient (Wildman–Crippen LogP) is 3.39. The highest BCUT2D eigenvalue weighted by atomic mass is 16.7. The number of nitrogens with two attached hydrogens (primary N) is 1. The number of carbonyl (C=O) groups is 3. The molecule has 42 heavy (non-hydrogen) atoms. The first-order valence-corrected chi connectivity index (χ1v) is 15.5. The molecule has 4 rings (SSSR count). The van der Waals surface area contributed by atoms with Crippen molar-refractivity contribution in [1.29, 1.82) is 0 Å². The van der Waals surface area contributed by atoms with Crippen LogP contribution >= 0.6 is 0 Å². The van der Waals surface area contributed by atoms with Crippen LogP contribution < -0.4 is 16.5 Å². The summed E-state index contributed by atoms with van der Waals surface area (Å²) in [5.74, 6) is -0.183. The fraction of sp³-hybridized carbons (Fsp3) is 0.862. The number of unbranched alkanes of at least 4 members (excludes halogenated alkanes) is 1. The molecule has 3 aliphatic carbocycles. The molecule has 12 nitrogen and oxygen atoms in total. The lowest BCUT2D eigenvalue weighted by atomic mass is 9.43. The molecule has 4 N–H and O–H groups in total. The molecule has 3 saturated carbocycles. The van der Waals surface area contributed by atoms with E-state index in [1.54, 1.807) is 5.43 Å². The van der Waals surface area contributed by atoms with E-state index in [0.29, 0.717) is 56.8 Å². The Balaban J connectivity index is 1.67. The minimum atomic E-state index is -0.789. The summed E-state index contributed by atoms with van der Waals surface area (Å²) >= 11 is 0. The van der Waals surface area contributed by atoms with Gasteiger partial charge in [-0.15, -0.1) is 0 Å². The highest BCUT2D eigenvalue weighted by Gasteiger charge is 2.68. The van der Waals surface area contributed by atoms with Gasteiger partial charge in [0, 0.05) is 31.7 Å². The molecule has 0 aromatic heterocycles. The number of hydrogen-bond donors (Lipinski definition) is 3. The van der Waals surface area contributed by atoms with E-state index in [9.17, 15) is 24.5 Å². The Labute approximate surface area is 250 Å². The van der Waals surface area contributed by atoms with E-state index in [2.05, 4.69) is 44.9 Å². The van der Waals surface area contributed by atoms with Crippen LogP contribution in [0.5, 0.6) is 0 Å². The minimum Gasteiger partial charge on any atom is -0.404 e. The molecule has 0 aromatic rings. The third-order valence-electron chi connectivity index (χ3n) is 9.63. The predicted molar refractivity (Wildman–Crippen MR) is 160 cm³/mol. The normalized spacial score (nSPS) is 27.5.